The molecule has 12 heteroatoms. The summed E-state index contributed by atoms with van der Waals surface area (Å²) in [5.74, 6) is -2.72. The fourth-order valence-electron chi connectivity index (χ4n) is 4.76. The molecule has 3 unspecified atom stereocenters. The van der Waals surface area contributed by atoms with Crippen LogP contribution in [0.3, 0.4) is 0 Å². The molecular formula is C23H19N3O8S. The van der Waals surface area contributed by atoms with Gasteiger partial charge in [-0.3, -0.25) is 34.3 Å². The number of nitro benzene ring substituents is 1. The van der Waals surface area contributed by atoms with Crippen LogP contribution in [0, 0.1) is 10.1 Å². The largest absolute Gasteiger partial charge is 0.614 e. The van der Waals surface area contributed by atoms with E-state index in [1.807, 2.05) is 0 Å². The topological polar surface area (TPSA) is 150 Å². The molecule has 0 aliphatic carbocycles. The molecule has 3 amide bonds. The van der Waals surface area contributed by atoms with Gasteiger partial charge >= 0.3 is 5.97 Å². The number of esters is 1. The second-order valence-electron chi connectivity index (χ2n) is 8.94. The van der Waals surface area contributed by atoms with Crippen molar-refractivity contribution in [2.24, 2.45) is 0 Å². The molecule has 0 aromatic heterocycles. The van der Waals surface area contributed by atoms with Crippen molar-refractivity contribution >= 4 is 40.6 Å². The number of hydrogen-bond acceptors (Lipinski definition) is 8. The van der Waals surface area contributed by atoms with Gasteiger partial charge in [0.15, 0.2) is 16.8 Å². The van der Waals surface area contributed by atoms with Crippen molar-refractivity contribution in [3.63, 3.8) is 0 Å². The molecule has 0 radical (unpaired) electrons. The summed E-state index contributed by atoms with van der Waals surface area (Å²) >= 11 is -1.79. The van der Waals surface area contributed by atoms with Gasteiger partial charge in [-0.15, -0.1) is 0 Å². The van der Waals surface area contributed by atoms with E-state index >= 15 is 0 Å². The van der Waals surface area contributed by atoms with Gasteiger partial charge in [-0.1, -0.05) is 12.1 Å². The fraction of sp³-hybridized carbons (Fsp3) is 0.304. The predicted molar refractivity (Wildman–Crippen MR) is 120 cm³/mol. The molecule has 0 spiro atoms. The molecule has 2 saturated heterocycles. The Morgan fingerprint density at radius 1 is 1.06 bits per heavy atom. The summed E-state index contributed by atoms with van der Waals surface area (Å²) < 4.78 is 17.5. The lowest BCUT2D eigenvalue weighted by atomic mass is 9.95. The van der Waals surface area contributed by atoms with Crippen LogP contribution in [-0.2, 0) is 32.1 Å². The van der Waals surface area contributed by atoms with Gasteiger partial charge in [0.25, 0.3) is 23.4 Å². The summed E-state index contributed by atoms with van der Waals surface area (Å²) in [6.07, 6.45) is 0. The molecule has 35 heavy (non-hydrogen) atoms. The van der Waals surface area contributed by atoms with Crippen molar-refractivity contribution < 1.29 is 33.4 Å². The number of non-ortho nitro benzene ring substituents is 1. The minimum atomic E-state index is -1.79. The second-order valence-corrected chi connectivity index (χ2v) is 11.1. The van der Waals surface area contributed by atoms with Crippen LogP contribution in [0.1, 0.15) is 40.1 Å². The average molecular weight is 497 g/mol. The summed E-state index contributed by atoms with van der Waals surface area (Å²) in [4.78, 5) is 64.2. The molecule has 5 rings (SSSR count). The van der Waals surface area contributed by atoms with Crippen LogP contribution in [0.5, 0.6) is 0 Å². The highest BCUT2D eigenvalue weighted by atomic mass is 32.2. The van der Waals surface area contributed by atoms with E-state index in [1.165, 1.54) is 36.4 Å². The summed E-state index contributed by atoms with van der Waals surface area (Å²) in [5, 5.41) is 9.76. The summed E-state index contributed by atoms with van der Waals surface area (Å²) in [5.41, 5.74) is 0.730. The Bertz CT molecular complexity index is 1260. The Labute approximate surface area is 202 Å². The molecule has 2 aromatic rings. The maximum atomic E-state index is 13.4. The van der Waals surface area contributed by atoms with Gasteiger partial charge in [0.2, 0.25) is 5.37 Å². The Kier molecular flexibility index (Phi) is 5.18. The Morgan fingerprint density at radius 3 is 2.17 bits per heavy atom. The van der Waals surface area contributed by atoms with E-state index in [2.05, 4.69) is 0 Å². The number of imide groups is 1. The number of β-lactam (4-membered cyclic amide) rings is 1. The number of benzene rings is 2. The zero-order chi connectivity index (χ0) is 25.2. The van der Waals surface area contributed by atoms with Gasteiger partial charge in [-0.05, 0) is 54.9 Å². The van der Waals surface area contributed by atoms with E-state index in [-0.39, 0.29) is 23.4 Å². The first-order chi connectivity index (χ1) is 16.6. The number of nitrogens with zero attached hydrogens (tertiary/aromatic N) is 3. The first kappa shape index (κ1) is 23.0. The number of hydrogen-bond donors (Lipinski definition) is 0. The third-order valence-corrected chi connectivity index (χ3v) is 8.77. The zero-order valence-corrected chi connectivity index (χ0v) is 19.4. The van der Waals surface area contributed by atoms with E-state index < -0.39 is 62.0 Å². The highest BCUT2D eigenvalue weighted by molar-refractivity contribution is 7.94. The SMILES string of the molecule is CC1(C)C(C(=O)OCc2ccc([N+](=O)[O-])cc2)N2C(=O)C(N3C(=O)c4ccccc4C3=O)[C@@H]2[S+]1[O-]. The van der Waals surface area contributed by atoms with Crippen molar-refractivity contribution in [1.29, 1.82) is 0 Å². The van der Waals surface area contributed by atoms with Gasteiger partial charge < -0.3 is 9.29 Å². The molecular weight excluding hydrogens is 478 g/mol. The van der Waals surface area contributed by atoms with Gasteiger partial charge in [0, 0.05) is 12.1 Å². The third-order valence-electron chi connectivity index (χ3n) is 6.58. The maximum absolute atomic E-state index is 13.4. The van der Waals surface area contributed by atoms with Crippen LogP contribution in [0.15, 0.2) is 48.5 Å². The van der Waals surface area contributed by atoms with Crippen LogP contribution in [0.4, 0.5) is 5.69 Å². The summed E-state index contributed by atoms with van der Waals surface area (Å²) in [7, 11) is 0. The molecule has 0 bridgehead atoms. The number of rotatable bonds is 5. The van der Waals surface area contributed by atoms with E-state index in [9.17, 15) is 33.8 Å². The molecule has 4 atom stereocenters. The number of amides is 3. The van der Waals surface area contributed by atoms with Crippen LogP contribution in [0.25, 0.3) is 0 Å². The quantitative estimate of drug-likeness (QED) is 0.150. The smallest absolute Gasteiger partial charge is 0.334 e. The summed E-state index contributed by atoms with van der Waals surface area (Å²) in [6, 6.07) is 9.18. The fourth-order valence-corrected chi connectivity index (χ4v) is 6.72. The lowest BCUT2D eigenvalue weighted by Gasteiger charge is -2.44. The number of nitro groups is 1. The third kappa shape index (κ3) is 3.24. The molecule has 0 N–H and O–H groups in total. The first-order valence-electron chi connectivity index (χ1n) is 10.7. The Hall–Kier alpha value is -3.77. The van der Waals surface area contributed by atoms with Crippen molar-refractivity contribution in [1.82, 2.24) is 9.80 Å². The molecule has 3 aliphatic heterocycles. The normalized spacial score (nSPS) is 26.3. The van der Waals surface area contributed by atoms with Crippen molar-refractivity contribution in [3.05, 3.63) is 75.3 Å². The Balaban J connectivity index is 1.35. The zero-order valence-electron chi connectivity index (χ0n) is 18.6. The highest BCUT2D eigenvalue weighted by Gasteiger charge is 2.75. The van der Waals surface area contributed by atoms with E-state index in [1.54, 1.807) is 26.0 Å². The van der Waals surface area contributed by atoms with Gasteiger partial charge in [0.1, 0.15) is 6.61 Å². The van der Waals surface area contributed by atoms with Crippen LogP contribution < -0.4 is 0 Å². The van der Waals surface area contributed by atoms with Gasteiger partial charge in [-0.25, -0.2) is 4.79 Å². The molecule has 180 valence electrons. The number of carbonyl (C=O) groups is 4. The molecule has 3 heterocycles. The molecule has 11 nitrogen and oxygen atoms in total. The standard InChI is InChI=1S/C23H19N3O8S/c1-23(2)17(22(30)34-11-12-7-9-13(10-8-12)26(31)32)25-20(29)16(21(25)35(23)33)24-18(27)14-5-3-4-6-15(14)19(24)28/h3-10,16-17,21H,11H2,1-2H3/t16?,17?,21-,35?/m0/s1. The lowest BCUT2D eigenvalue weighted by Crippen LogP contribution is -2.72. The van der Waals surface area contributed by atoms with E-state index in [0.717, 1.165) is 9.80 Å². The van der Waals surface area contributed by atoms with Crippen LogP contribution in [0.2, 0.25) is 0 Å². The average Bonchev–Trinajstić information content (AvgIpc) is 3.18. The van der Waals surface area contributed by atoms with Crippen molar-refractivity contribution in [2.75, 3.05) is 0 Å². The first-order valence-corrected chi connectivity index (χ1v) is 11.9. The second kappa shape index (κ2) is 7.89. The number of ether oxygens (including phenoxy) is 1. The monoisotopic (exact) mass is 497 g/mol. The van der Waals surface area contributed by atoms with Gasteiger partial charge in [0.05, 0.1) is 16.1 Å². The van der Waals surface area contributed by atoms with Crippen molar-refractivity contribution in [2.45, 2.75) is 42.7 Å². The van der Waals surface area contributed by atoms with E-state index in [4.69, 9.17) is 4.74 Å². The Morgan fingerprint density at radius 2 is 1.63 bits per heavy atom. The maximum Gasteiger partial charge on any atom is 0.334 e. The molecule has 2 fully saturated rings. The highest BCUT2D eigenvalue weighted by Crippen LogP contribution is 2.49. The molecule has 0 saturated carbocycles. The molecule has 2 aromatic carbocycles. The van der Waals surface area contributed by atoms with Crippen LogP contribution in [-0.4, -0.2) is 65.2 Å². The van der Waals surface area contributed by atoms with Crippen LogP contribution >= 0.6 is 0 Å². The number of fused-ring (bicyclic) bond motifs is 2. The minimum absolute atomic E-state index is 0.111. The van der Waals surface area contributed by atoms with Gasteiger partial charge in [-0.2, -0.15) is 0 Å². The minimum Gasteiger partial charge on any atom is -0.614 e. The summed E-state index contributed by atoms with van der Waals surface area (Å²) in [6.45, 7) is 2.92. The van der Waals surface area contributed by atoms with Crippen molar-refractivity contribution in [3.8, 4) is 0 Å². The molecule has 3 aliphatic rings. The van der Waals surface area contributed by atoms with E-state index in [0.29, 0.717) is 5.56 Å². The predicted octanol–water partition coefficient (Wildman–Crippen LogP) is 1.38. The lowest BCUT2D eigenvalue weighted by molar-refractivity contribution is -0.384. The number of carbonyl (C=O) groups excluding carboxylic acids is 4.